The van der Waals surface area contributed by atoms with E-state index >= 15 is 0 Å². The lowest BCUT2D eigenvalue weighted by atomic mass is 9.82. The van der Waals surface area contributed by atoms with E-state index in [-0.39, 0.29) is 39.9 Å². The molecule has 0 spiro atoms. The molecular weight excluding hydrogens is 411 g/mol. The van der Waals surface area contributed by atoms with Gasteiger partial charge < -0.3 is 5.32 Å². The maximum Gasteiger partial charge on any atom is 0.257 e. The Hall–Kier alpha value is -2.63. The van der Waals surface area contributed by atoms with Crippen molar-refractivity contribution in [3.05, 3.63) is 69.7 Å². The summed E-state index contributed by atoms with van der Waals surface area (Å²) in [6, 6.07) is 11.5. The minimum atomic E-state index is -0.477. The molecule has 0 aromatic heterocycles. The lowest BCUT2D eigenvalue weighted by molar-refractivity contribution is -0.122. The predicted molar refractivity (Wildman–Crippen MR) is 113 cm³/mol. The van der Waals surface area contributed by atoms with Gasteiger partial charge in [-0.3, -0.25) is 14.4 Å². The molecule has 1 aliphatic carbocycles. The number of amides is 3. The Balaban J connectivity index is 1.67. The summed E-state index contributed by atoms with van der Waals surface area (Å²) in [6.45, 7) is 1.97. The Kier molecular flexibility index (Phi) is 5.19. The molecule has 1 aliphatic heterocycles. The second-order valence-corrected chi connectivity index (χ2v) is 8.07. The minimum absolute atomic E-state index is 0.216. The molecule has 148 valence electrons. The van der Waals surface area contributed by atoms with E-state index in [4.69, 9.17) is 23.2 Å². The Bertz CT molecular complexity index is 1060. The van der Waals surface area contributed by atoms with Crippen LogP contribution in [-0.2, 0) is 9.59 Å². The molecule has 3 amide bonds. The molecule has 2 aromatic carbocycles. The number of hydrogen-bond donors (Lipinski definition) is 1. The second kappa shape index (κ2) is 7.65. The Morgan fingerprint density at radius 3 is 2.55 bits per heavy atom. The van der Waals surface area contributed by atoms with Crippen LogP contribution in [0.1, 0.15) is 30.1 Å². The number of halogens is 2. The normalized spacial score (nSPS) is 21.1. The highest BCUT2D eigenvalue weighted by Crippen LogP contribution is 2.40. The molecule has 2 aliphatic rings. The van der Waals surface area contributed by atoms with Crippen molar-refractivity contribution in [3.8, 4) is 0 Å². The first-order chi connectivity index (χ1) is 13.9. The van der Waals surface area contributed by atoms with E-state index in [2.05, 4.69) is 5.32 Å². The van der Waals surface area contributed by atoms with Crippen molar-refractivity contribution in [3.63, 3.8) is 0 Å². The fraction of sp³-hybridized carbons (Fsp3) is 0.227. The molecular formula is C22H18Cl2N2O3. The van der Waals surface area contributed by atoms with Crippen LogP contribution in [0.2, 0.25) is 10.0 Å². The zero-order valence-corrected chi connectivity index (χ0v) is 17.1. The van der Waals surface area contributed by atoms with Crippen molar-refractivity contribution in [2.24, 2.45) is 11.8 Å². The summed E-state index contributed by atoms with van der Waals surface area (Å²) in [7, 11) is 0. The number of anilines is 2. The Morgan fingerprint density at radius 1 is 1.03 bits per heavy atom. The van der Waals surface area contributed by atoms with Gasteiger partial charge in [-0.2, -0.15) is 0 Å². The first-order valence-electron chi connectivity index (χ1n) is 9.26. The minimum Gasteiger partial charge on any atom is -0.321 e. The summed E-state index contributed by atoms with van der Waals surface area (Å²) < 4.78 is 0. The van der Waals surface area contributed by atoms with Crippen molar-refractivity contribution in [1.82, 2.24) is 0 Å². The molecule has 0 saturated carbocycles. The number of nitrogens with one attached hydrogen (secondary N) is 1. The van der Waals surface area contributed by atoms with Gasteiger partial charge in [0, 0.05) is 0 Å². The fourth-order valence-electron chi connectivity index (χ4n) is 3.93. The topological polar surface area (TPSA) is 66.5 Å². The molecule has 0 unspecified atom stereocenters. The van der Waals surface area contributed by atoms with Gasteiger partial charge in [-0.05, 0) is 44.0 Å². The molecule has 2 atom stereocenters. The molecule has 2 aromatic rings. The summed E-state index contributed by atoms with van der Waals surface area (Å²) in [6.07, 6.45) is 3.12. The molecule has 1 heterocycles. The molecule has 7 heteroatoms. The number of para-hydroxylation sites is 1. The largest absolute Gasteiger partial charge is 0.321 e. The first-order valence-corrected chi connectivity index (χ1v) is 10.0. The van der Waals surface area contributed by atoms with Crippen LogP contribution in [0.5, 0.6) is 0 Å². The summed E-state index contributed by atoms with van der Waals surface area (Å²) in [5.74, 6) is -1.73. The van der Waals surface area contributed by atoms with Crippen molar-refractivity contribution in [2.45, 2.75) is 19.8 Å². The summed E-state index contributed by atoms with van der Waals surface area (Å²) in [5.41, 5.74) is 1.96. The van der Waals surface area contributed by atoms with E-state index < -0.39 is 5.91 Å². The number of carbonyl (C=O) groups excluding carboxylic acids is 3. The third-order valence-electron chi connectivity index (χ3n) is 5.41. The van der Waals surface area contributed by atoms with Gasteiger partial charge in [0.15, 0.2) is 0 Å². The highest BCUT2D eigenvalue weighted by molar-refractivity contribution is 6.44. The zero-order chi connectivity index (χ0) is 20.7. The van der Waals surface area contributed by atoms with Crippen LogP contribution < -0.4 is 10.2 Å². The number of carbonyl (C=O) groups is 3. The zero-order valence-electron chi connectivity index (χ0n) is 15.6. The first kappa shape index (κ1) is 19.7. The van der Waals surface area contributed by atoms with Crippen LogP contribution in [0.3, 0.4) is 0 Å². The smallest absolute Gasteiger partial charge is 0.257 e. The van der Waals surface area contributed by atoms with Crippen molar-refractivity contribution < 1.29 is 14.4 Å². The van der Waals surface area contributed by atoms with Crippen LogP contribution >= 0.6 is 23.2 Å². The van der Waals surface area contributed by atoms with E-state index in [9.17, 15) is 14.4 Å². The van der Waals surface area contributed by atoms with Crippen LogP contribution in [0.4, 0.5) is 11.4 Å². The number of benzene rings is 2. The monoisotopic (exact) mass is 428 g/mol. The molecule has 0 bridgehead atoms. The van der Waals surface area contributed by atoms with Crippen LogP contribution in [0.25, 0.3) is 0 Å². The van der Waals surface area contributed by atoms with E-state index in [0.29, 0.717) is 23.6 Å². The van der Waals surface area contributed by atoms with Crippen molar-refractivity contribution in [2.75, 3.05) is 10.2 Å². The lowest BCUT2D eigenvalue weighted by Crippen LogP contribution is -2.33. The van der Waals surface area contributed by atoms with Gasteiger partial charge in [0.25, 0.3) is 5.91 Å². The van der Waals surface area contributed by atoms with E-state index in [0.717, 1.165) is 10.5 Å². The molecule has 0 radical (unpaired) electrons. The van der Waals surface area contributed by atoms with Gasteiger partial charge in [0.1, 0.15) is 0 Å². The third-order valence-corrected chi connectivity index (χ3v) is 6.23. The number of allylic oxidation sites excluding steroid dienone is 2. The molecule has 1 fully saturated rings. The summed E-state index contributed by atoms with van der Waals surface area (Å²) in [4.78, 5) is 40.2. The molecule has 1 N–H and O–H groups in total. The van der Waals surface area contributed by atoms with Gasteiger partial charge in [0.2, 0.25) is 11.8 Å². The van der Waals surface area contributed by atoms with E-state index in [1.165, 1.54) is 0 Å². The van der Waals surface area contributed by atoms with Crippen LogP contribution in [-0.4, -0.2) is 17.7 Å². The van der Waals surface area contributed by atoms with Gasteiger partial charge in [-0.15, -0.1) is 0 Å². The fourth-order valence-corrected chi connectivity index (χ4v) is 4.27. The average Bonchev–Trinajstić information content (AvgIpc) is 2.95. The highest BCUT2D eigenvalue weighted by Gasteiger charge is 2.49. The van der Waals surface area contributed by atoms with Gasteiger partial charge >= 0.3 is 0 Å². The number of nitrogens with zero attached hydrogens (tertiary/aromatic N) is 1. The van der Waals surface area contributed by atoms with Crippen molar-refractivity contribution in [1.29, 1.82) is 0 Å². The van der Waals surface area contributed by atoms with E-state index in [1.807, 2.05) is 13.0 Å². The van der Waals surface area contributed by atoms with E-state index in [1.54, 1.807) is 42.5 Å². The summed E-state index contributed by atoms with van der Waals surface area (Å²) >= 11 is 12.2. The third kappa shape index (κ3) is 3.45. The Morgan fingerprint density at radius 2 is 1.76 bits per heavy atom. The highest BCUT2D eigenvalue weighted by atomic mass is 35.5. The van der Waals surface area contributed by atoms with Gasteiger partial charge in [-0.1, -0.05) is 53.1 Å². The maximum absolute atomic E-state index is 13.0. The van der Waals surface area contributed by atoms with Crippen LogP contribution in [0.15, 0.2) is 54.1 Å². The second-order valence-electron chi connectivity index (χ2n) is 7.29. The number of hydrogen-bond acceptors (Lipinski definition) is 3. The standard InChI is InChI=1S/C22H18Cl2N2O3/c1-12-9-10-13-15(11-12)22(29)26(21(13)28)18-8-3-2-5-14(18)20(27)25-17-7-4-6-16(23)19(17)24/h2-9,13,15H,10-11H2,1H3,(H,25,27)/t13-,15+/m1/s1. The molecule has 4 rings (SSSR count). The predicted octanol–water partition coefficient (Wildman–Crippen LogP) is 5.09. The van der Waals surface area contributed by atoms with Gasteiger partial charge in [0.05, 0.1) is 38.8 Å². The Labute approximate surface area is 178 Å². The van der Waals surface area contributed by atoms with Crippen LogP contribution in [0, 0.1) is 11.8 Å². The SMILES string of the molecule is CC1=CC[C@H]2C(=O)N(c3ccccc3C(=O)Nc3cccc(Cl)c3Cl)C(=O)[C@H]2C1. The van der Waals surface area contributed by atoms with Gasteiger partial charge in [-0.25, -0.2) is 4.90 Å². The number of imide groups is 1. The van der Waals surface area contributed by atoms with Crippen molar-refractivity contribution >= 4 is 52.3 Å². The molecule has 5 nitrogen and oxygen atoms in total. The molecule has 1 saturated heterocycles. The molecule has 29 heavy (non-hydrogen) atoms. The number of rotatable bonds is 3. The quantitative estimate of drug-likeness (QED) is 0.546. The summed E-state index contributed by atoms with van der Waals surface area (Å²) in [5, 5.41) is 3.25. The lowest BCUT2D eigenvalue weighted by Gasteiger charge is -2.19. The average molecular weight is 429 g/mol. The maximum atomic E-state index is 13.0. The number of fused-ring (bicyclic) bond motifs is 1.